The summed E-state index contributed by atoms with van der Waals surface area (Å²) in [5, 5.41) is 81.7. The van der Waals surface area contributed by atoms with Gasteiger partial charge in [-0.05, 0) is 146 Å². The number of hydrogen-bond acceptors (Lipinski definition) is 20. The number of hydrogen-bond donors (Lipinski definition) is 1. The fraction of sp³-hybridized carbons (Fsp3) is 0.104. The first kappa shape index (κ1) is 53.1. The molecule has 0 saturated carbocycles. The zero-order valence-corrected chi connectivity index (χ0v) is 46.0. The Morgan fingerprint density at radius 2 is 0.575 bits per heavy atom. The molecule has 87 heavy (non-hydrogen) atoms. The maximum atomic E-state index is 9.87. The van der Waals surface area contributed by atoms with Crippen molar-refractivity contribution in [3.63, 3.8) is 0 Å². The molecule has 8 aromatic carbocycles. The Labute approximate surface area is 497 Å². The molecule has 0 spiro atoms. The molecule has 4 atom stereocenters. The molecule has 8 bridgehead atoms. The molecule has 8 aromatic rings. The Hall–Kier alpha value is -13.2. The molecule has 4 unspecified atom stereocenters. The average Bonchev–Trinajstić information content (AvgIpc) is 1.64. The standard InChI is InChI=1S/C67H38N16O4/c1-81-62-53-17-13-50(86-46-10-6-38(30-70)42(22-46)34-74)26-58(53)66(81)80-64-55-19-15-51(87-47-11-7-39(31-71)43(23-47)35-75)27-59(55)67(83(64)3)79-63-54-18-14-49(85-45-9-5-37(29-69)41(21-45)33-73)25-57(54)65(82(63)2)77-60-52-16-12-48(24-56(52)61(76-60)78-62)84-44-8-4-36(28-68)40(20-44)32-72/h4-27,61,65-67H,1-3H3,(H,76,77). The van der Waals surface area contributed by atoms with Crippen molar-refractivity contribution >= 4 is 23.3 Å². The van der Waals surface area contributed by atoms with E-state index in [1.807, 2.05) is 109 Å². The third-order valence-electron chi connectivity index (χ3n) is 15.4. The highest BCUT2D eigenvalue weighted by atomic mass is 16.5. The van der Waals surface area contributed by atoms with Gasteiger partial charge in [0.2, 0.25) is 0 Å². The molecule has 410 valence electrons. The van der Waals surface area contributed by atoms with E-state index in [0.717, 1.165) is 33.4 Å². The summed E-state index contributed by atoms with van der Waals surface area (Å²) >= 11 is 0. The van der Waals surface area contributed by atoms with E-state index in [4.69, 9.17) is 38.9 Å². The van der Waals surface area contributed by atoms with Gasteiger partial charge in [0.1, 0.15) is 124 Å². The fourth-order valence-corrected chi connectivity index (χ4v) is 11.2. The summed E-state index contributed by atoms with van der Waals surface area (Å²) in [6.07, 6.45) is -3.02. The lowest BCUT2D eigenvalue weighted by molar-refractivity contribution is 0.366. The molecule has 13 rings (SSSR count). The Kier molecular flexibility index (Phi) is 13.0. The van der Waals surface area contributed by atoms with Crippen LogP contribution in [0.5, 0.6) is 46.0 Å². The van der Waals surface area contributed by atoms with Gasteiger partial charge in [0.05, 0.1) is 44.5 Å². The van der Waals surface area contributed by atoms with Crippen molar-refractivity contribution in [2.45, 2.75) is 24.7 Å². The summed E-state index contributed by atoms with van der Waals surface area (Å²) in [7, 11) is 5.72. The van der Waals surface area contributed by atoms with E-state index in [0.29, 0.717) is 80.5 Å². The minimum absolute atomic E-state index is 0.164. The number of fused-ring (bicyclic) bond motifs is 20. The third-order valence-corrected chi connectivity index (χ3v) is 15.4. The second-order valence-corrected chi connectivity index (χ2v) is 20.5. The number of amidine groups is 4. The third kappa shape index (κ3) is 9.22. The summed E-state index contributed by atoms with van der Waals surface area (Å²) in [6, 6.07) is 57.6. The van der Waals surface area contributed by atoms with Gasteiger partial charge in [0.25, 0.3) is 0 Å². The van der Waals surface area contributed by atoms with Crippen LogP contribution in [0.1, 0.15) is 114 Å². The van der Waals surface area contributed by atoms with Gasteiger partial charge in [-0.25, -0.2) is 20.0 Å². The molecule has 0 aromatic heterocycles. The predicted molar refractivity (Wildman–Crippen MR) is 313 cm³/mol. The Bertz CT molecular complexity index is 4850. The topological polar surface area (TPSA) is 298 Å². The molecular formula is C67H38N16O4. The van der Waals surface area contributed by atoms with E-state index in [1.54, 1.807) is 48.5 Å². The van der Waals surface area contributed by atoms with Crippen LogP contribution >= 0.6 is 0 Å². The summed E-state index contributed by atoms with van der Waals surface area (Å²) in [5.41, 5.74) is 7.33. The number of aliphatic imine (C=N–C) groups is 4. The molecule has 5 aliphatic rings. The van der Waals surface area contributed by atoms with Crippen molar-refractivity contribution in [2.24, 2.45) is 20.0 Å². The van der Waals surface area contributed by atoms with Crippen LogP contribution in [0, 0.1) is 90.6 Å². The number of nitriles is 8. The lowest BCUT2D eigenvalue weighted by Gasteiger charge is -2.26. The first-order chi connectivity index (χ1) is 42.4. The van der Waals surface area contributed by atoms with Gasteiger partial charge >= 0.3 is 0 Å². The molecule has 5 heterocycles. The average molecular weight is 1130 g/mol. The second kappa shape index (κ2) is 21.3. The lowest BCUT2D eigenvalue weighted by atomic mass is 10.1. The molecular weight excluding hydrogens is 1090 g/mol. The minimum atomic E-state index is -0.792. The number of nitrogens with zero attached hydrogens (tertiary/aromatic N) is 15. The van der Waals surface area contributed by atoms with Gasteiger partial charge in [-0.1, -0.05) is 0 Å². The molecule has 0 amide bonds. The van der Waals surface area contributed by atoms with E-state index in [9.17, 15) is 42.1 Å². The zero-order chi connectivity index (χ0) is 60.2. The monoisotopic (exact) mass is 1130 g/mol. The molecule has 1 N–H and O–H groups in total. The fourth-order valence-electron chi connectivity index (χ4n) is 11.2. The molecule has 20 heteroatoms. The summed E-state index contributed by atoms with van der Waals surface area (Å²) < 4.78 is 25.7. The van der Waals surface area contributed by atoms with Crippen LogP contribution in [0.4, 0.5) is 0 Å². The normalized spacial score (nSPS) is 16.9. The van der Waals surface area contributed by atoms with E-state index >= 15 is 0 Å². The smallest absolute Gasteiger partial charge is 0.151 e. The lowest BCUT2D eigenvalue weighted by Crippen LogP contribution is -2.31. The first-order valence-electron chi connectivity index (χ1n) is 26.7. The van der Waals surface area contributed by atoms with Crippen LogP contribution in [-0.4, -0.2) is 59.2 Å². The van der Waals surface area contributed by atoms with Crippen LogP contribution in [0.3, 0.4) is 0 Å². The van der Waals surface area contributed by atoms with Gasteiger partial charge in [-0.2, -0.15) is 42.1 Å². The molecule has 0 saturated heterocycles. The molecule has 0 fully saturated rings. The van der Waals surface area contributed by atoms with E-state index in [-0.39, 0.29) is 44.5 Å². The molecule has 5 aliphatic heterocycles. The highest BCUT2D eigenvalue weighted by molar-refractivity contribution is 6.09. The Morgan fingerprint density at radius 1 is 0.310 bits per heavy atom. The predicted octanol–water partition coefficient (Wildman–Crippen LogP) is 11.4. The second-order valence-electron chi connectivity index (χ2n) is 20.5. The van der Waals surface area contributed by atoms with Crippen LogP contribution < -0.4 is 24.3 Å². The van der Waals surface area contributed by atoms with Crippen molar-refractivity contribution in [3.8, 4) is 94.5 Å². The van der Waals surface area contributed by atoms with Crippen molar-refractivity contribution in [1.29, 1.82) is 42.1 Å². The van der Waals surface area contributed by atoms with Gasteiger partial charge in [0, 0.05) is 65.7 Å². The van der Waals surface area contributed by atoms with Crippen molar-refractivity contribution in [3.05, 3.63) is 235 Å². The molecule has 20 nitrogen and oxygen atoms in total. The van der Waals surface area contributed by atoms with Gasteiger partial charge in [0.15, 0.2) is 18.5 Å². The minimum Gasteiger partial charge on any atom is -0.457 e. The highest BCUT2D eigenvalue weighted by Gasteiger charge is 2.42. The van der Waals surface area contributed by atoms with Crippen LogP contribution in [0.25, 0.3) is 0 Å². The van der Waals surface area contributed by atoms with E-state index in [1.165, 1.54) is 42.5 Å². The number of rotatable bonds is 8. The molecule has 0 radical (unpaired) electrons. The maximum Gasteiger partial charge on any atom is 0.151 e. The van der Waals surface area contributed by atoms with Gasteiger partial charge in [-0.15, -0.1) is 0 Å². The highest BCUT2D eigenvalue weighted by Crippen LogP contribution is 2.46. The number of ether oxygens (including phenoxy) is 4. The quantitative estimate of drug-likeness (QED) is 0.148. The maximum absolute atomic E-state index is 9.87. The first-order valence-corrected chi connectivity index (χ1v) is 26.7. The summed E-state index contributed by atoms with van der Waals surface area (Å²) in [6.45, 7) is 0. The van der Waals surface area contributed by atoms with Crippen LogP contribution in [0.2, 0.25) is 0 Å². The summed E-state index contributed by atoms with van der Waals surface area (Å²) in [5.74, 6) is 5.27. The largest absolute Gasteiger partial charge is 0.457 e. The molecule has 0 aliphatic carbocycles. The number of nitrogens with one attached hydrogen (secondary N) is 1. The van der Waals surface area contributed by atoms with Crippen molar-refractivity contribution < 1.29 is 18.9 Å². The van der Waals surface area contributed by atoms with Crippen molar-refractivity contribution in [1.82, 2.24) is 20.0 Å². The Balaban J connectivity index is 1.00. The van der Waals surface area contributed by atoms with E-state index in [2.05, 4.69) is 35.7 Å². The van der Waals surface area contributed by atoms with Crippen LogP contribution in [0.15, 0.2) is 166 Å². The van der Waals surface area contributed by atoms with Gasteiger partial charge in [-0.3, -0.25) is 0 Å². The summed E-state index contributed by atoms with van der Waals surface area (Å²) in [4.78, 5) is 28.2. The van der Waals surface area contributed by atoms with Crippen LogP contribution in [-0.2, 0) is 0 Å². The van der Waals surface area contributed by atoms with E-state index < -0.39 is 24.7 Å². The van der Waals surface area contributed by atoms with Crippen molar-refractivity contribution in [2.75, 3.05) is 21.1 Å². The SMILES string of the molecule is CN1C2=NC3c4cc(Oc5ccc(C#N)c(C#N)c5)ccc4C(=NC4c5cc(Oc6ccc(C#N)c(C#N)c6)ccc5C(=NC5NC(=NC1c1cc(Oc6ccc(C#N)c(C#N)c6)ccc12)c1ccc(Oc2ccc(C#N)c(C#N)c2)cc15)N4C)N3C. The Morgan fingerprint density at radius 3 is 0.897 bits per heavy atom. The number of benzene rings is 8. The van der Waals surface area contributed by atoms with Gasteiger partial charge < -0.3 is 39.0 Å². The zero-order valence-electron chi connectivity index (χ0n) is 46.0.